The number of aliphatic hydroxyl groups excluding tert-OH is 1. The summed E-state index contributed by atoms with van der Waals surface area (Å²) >= 11 is 0. The number of ether oxygens (including phenoxy) is 2. The molecule has 0 bridgehead atoms. The van der Waals surface area contributed by atoms with Crippen molar-refractivity contribution in [3.63, 3.8) is 0 Å². The van der Waals surface area contributed by atoms with Crippen molar-refractivity contribution in [2.24, 2.45) is 0 Å². The number of rotatable bonds is 12. The van der Waals surface area contributed by atoms with E-state index < -0.39 is 51.7 Å². The van der Waals surface area contributed by atoms with Gasteiger partial charge in [0.1, 0.15) is 24.6 Å². The van der Waals surface area contributed by atoms with Crippen molar-refractivity contribution in [2.45, 2.75) is 44.8 Å². The molecular formula is C26H33F3N3O8P. The number of halogens is 3. The standard InChI is InChI=1S/C25H31FN3O8P.CH2F2/c1-16(2)35-24(32)12-28-38(37-21-10-6-8-17-7-4-5-9-19(17)21)34-15-22-20(31)11-23(36-22)29(25(33)27-3)13-18(26)14-30;2-1-3/h4-10,13-14,16,20,22-23,28,31H,11-12,15H2,1-3H3,(H,27,33);1H2/b18-13+;. The van der Waals surface area contributed by atoms with Crippen molar-refractivity contribution in [1.82, 2.24) is 15.3 Å². The third-order valence-electron chi connectivity index (χ3n) is 5.34. The van der Waals surface area contributed by atoms with E-state index in [0.29, 0.717) is 11.9 Å². The molecule has 1 aliphatic heterocycles. The van der Waals surface area contributed by atoms with Crippen molar-refractivity contribution in [2.75, 3.05) is 27.1 Å². The van der Waals surface area contributed by atoms with Crippen molar-refractivity contribution >= 4 is 37.6 Å². The van der Waals surface area contributed by atoms with Crippen LogP contribution in [-0.4, -0.2) is 80.0 Å². The molecule has 1 saturated heterocycles. The van der Waals surface area contributed by atoms with Crippen LogP contribution in [0.2, 0.25) is 0 Å². The third kappa shape index (κ3) is 10.9. The summed E-state index contributed by atoms with van der Waals surface area (Å²) in [4.78, 5) is 35.9. The van der Waals surface area contributed by atoms with Crippen LogP contribution in [0.5, 0.6) is 5.75 Å². The van der Waals surface area contributed by atoms with E-state index in [4.69, 9.17) is 18.5 Å². The summed E-state index contributed by atoms with van der Waals surface area (Å²) < 4.78 is 55.7. The first-order chi connectivity index (χ1) is 19.6. The molecule has 1 heterocycles. The van der Waals surface area contributed by atoms with Gasteiger partial charge in [-0.1, -0.05) is 36.4 Å². The fourth-order valence-electron chi connectivity index (χ4n) is 3.64. The molecule has 2 aromatic rings. The molecule has 3 rings (SSSR count). The van der Waals surface area contributed by atoms with Gasteiger partial charge in [0, 0.05) is 18.9 Å². The van der Waals surface area contributed by atoms with Gasteiger partial charge in [-0.3, -0.25) is 14.5 Å². The average Bonchev–Trinajstić information content (AvgIpc) is 3.32. The SMILES string of the molecule is CNC(=O)N(/C=C(/F)C=O)C1CC(O)C(COP(NCC(=O)OC(C)C)Oc2cccc3ccccc23)O1.FCF. The second-order valence-corrected chi connectivity index (χ2v) is 9.89. The Morgan fingerprint density at radius 2 is 1.90 bits per heavy atom. The van der Waals surface area contributed by atoms with Crippen LogP contribution in [0.25, 0.3) is 10.8 Å². The summed E-state index contributed by atoms with van der Waals surface area (Å²) in [6, 6.07) is 12.4. The Balaban J connectivity index is 0.00000187. The van der Waals surface area contributed by atoms with E-state index in [1.54, 1.807) is 19.9 Å². The van der Waals surface area contributed by atoms with E-state index in [9.17, 15) is 32.7 Å². The van der Waals surface area contributed by atoms with Crippen LogP contribution in [0.15, 0.2) is 54.5 Å². The van der Waals surface area contributed by atoms with Gasteiger partial charge in [-0.15, -0.1) is 0 Å². The minimum absolute atomic E-state index is 0.0459. The third-order valence-corrected chi connectivity index (χ3v) is 6.51. The van der Waals surface area contributed by atoms with Crippen LogP contribution in [-0.2, 0) is 23.6 Å². The van der Waals surface area contributed by atoms with E-state index in [2.05, 4.69) is 10.4 Å². The second kappa shape index (κ2) is 17.5. The number of allylic oxidation sites excluding steroid dienone is 1. The molecule has 0 aromatic heterocycles. The molecule has 0 spiro atoms. The molecule has 0 saturated carbocycles. The molecule has 2 aromatic carbocycles. The minimum Gasteiger partial charge on any atom is -0.462 e. The van der Waals surface area contributed by atoms with Crippen molar-refractivity contribution < 1.29 is 51.2 Å². The number of benzene rings is 2. The van der Waals surface area contributed by atoms with Gasteiger partial charge >= 0.3 is 20.5 Å². The highest BCUT2D eigenvalue weighted by atomic mass is 31.2. The molecule has 226 valence electrons. The van der Waals surface area contributed by atoms with Gasteiger partial charge in [-0.05, 0) is 25.3 Å². The van der Waals surface area contributed by atoms with Gasteiger partial charge in [0.15, 0.2) is 12.1 Å². The molecular weight excluding hydrogens is 570 g/mol. The van der Waals surface area contributed by atoms with Crippen molar-refractivity contribution in [1.29, 1.82) is 0 Å². The topological polar surface area (TPSA) is 136 Å². The molecule has 4 unspecified atom stereocenters. The number of aliphatic hydroxyl groups is 1. The predicted octanol–water partition coefficient (Wildman–Crippen LogP) is 4.01. The number of aldehydes is 1. The summed E-state index contributed by atoms with van der Waals surface area (Å²) in [5, 5.41) is 17.6. The second-order valence-electron chi connectivity index (χ2n) is 8.62. The number of alkyl halides is 2. The minimum atomic E-state index is -1.92. The Morgan fingerprint density at radius 3 is 2.56 bits per heavy atom. The number of hydrogen-bond donors (Lipinski definition) is 3. The van der Waals surface area contributed by atoms with Gasteiger partial charge in [0.05, 0.1) is 25.0 Å². The lowest BCUT2D eigenvalue weighted by molar-refractivity contribution is -0.145. The quantitative estimate of drug-likeness (QED) is 0.142. The lowest BCUT2D eigenvalue weighted by Gasteiger charge is -2.25. The van der Waals surface area contributed by atoms with Gasteiger partial charge < -0.3 is 28.9 Å². The number of nitrogens with one attached hydrogen (secondary N) is 2. The van der Waals surface area contributed by atoms with Gasteiger partial charge in [-0.2, -0.15) is 0 Å². The maximum Gasteiger partial charge on any atom is 0.323 e. The zero-order valence-electron chi connectivity index (χ0n) is 22.7. The highest BCUT2D eigenvalue weighted by Crippen LogP contribution is 2.39. The molecule has 2 amide bonds. The Labute approximate surface area is 236 Å². The van der Waals surface area contributed by atoms with Crippen LogP contribution in [0.4, 0.5) is 18.0 Å². The maximum absolute atomic E-state index is 13.6. The number of carbonyl (C=O) groups is 3. The maximum atomic E-state index is 13.6. The molecule has 3 N–H and O–H groups in total. The molecule has 1 fully saturated rings. The molecule has 0 radical (unpaired) electrons. The highest BCUT2D eigenvalue weighted by Gasteiger charge is 2.39. The van der Waals surface area contributed by atoms with E-state index in [1.165, 1.54) is 7.05 Å². The lowest BCUT2D eigenvalue weighted by atomic mass is 10.1. The first kappa shape index (κ1) is 33.9. The Morgan fingerprint density at radius 1 is 1.22 bits per heavy atom. The first-order valence-electron chi connectivity index (χ1n) is 12.4. The highest BCUT2D eigenvalue weighted by molar-refractivity contribution is 7.45. The van der Waals surface area contributed by atoms with E-state index in [1.807, 2.05) is 36.4 Å². The molecule has 0 aliphatic carbocycles. The molecule has 41 heavy (non-hydrogen) atoms. The molecule has 11 nitrogen and oxygen atoms in total. The Kier molecular flexibility index (Phi) is 14.5. The number of carbonyl (C=O) groups excluding carboxylic acids is 3. The van der Waals surface area contributed by atoms with Crippen LogP contribution in [0, 0.1) is 0 Å². The van der Waals surface area contributed by atoms with Crippen LogP contribution >= 0.6 is 8.53 Å². The fraction of sp³-hybridized carbons (Fsp3) is 0.423. The Hall–Kier alpha value is -3.29. The zero-order valence-corrected chi connectivity index (χ0v) is 23.6. The van der Waals surface area contributed by atoms with Crippen LogP contribution in [0.1, 0.15) is 20.3 Å². The summed E-state index contributed by atoms with van der Waals surface area (Å²) in [5.74, 6) is -1.17. The van der Waals surface area contributed by atoms with Crippen LogP contribution in [0.3, 0.4) is 0 Å². The van der Waals surface area contributed by atoms with Crippen molar-refractivity contribution in [3.05, 3.63) is 54.5 Å². The largest absolute Gasteiger partial charge is 0.462 e. The Bertz CT molecular complexity index is 1170. The van der Waals surface area contributed by atoms with Crippen LogP contribution < -0.4 is 14.9 Å². The van der Waals surface area contributed by atoms with Gasteiger partial charge in [-0.25, -0.2) is 23.1 Å². The van der Waals surface area contributed by atoms with Gasteiger partial charge in [0.25, 0.3) is 0 Å². The van der Waals surface area contributed by atoms with E-state index in [0.717, 1.165) is 15.7 Å². The number of amides is 2. The molecule has 1 aliphatic rings. The normalized spacial score (nSPS) is 19.2. The summed E-state index contributed by atoms with van der Waals surface area (Å²) in [5.41, 5.74) is 0. The fourth-order valence-corrected chi connectivity index (χ4v) is 4.73. The smallest absolute Gasteiger partial charge is 0.323 e. The number of fused-ring (bicyclic) bond motifs is 1. The summed E-state index contributed by atoms with van der Waals surface area (Å²) in [6.45, 7) is 1.35. The number of hydrogen-bond acceptors (Lipinski definition) is 9. The average molecular weight is 604 g/mol. The summed E-state index contributed by atoms with van der Waals surface area (Å²) in [6.07, 6.45) is -2.73. The van der Waals surface area contributed by atoms with Gasteiger partial charge in [0.2, 0.25) is 6.93 Å². The predicted molar refractivity (Wildman–Crippen MR) is 145 cm³/mol. The summed E-state index contributed by atoms with van der Waals surface area (Å²) in [7, 11) is -0.583. The molecule has 4 atom stereocenters. The number of urea groups is 1. The van der Waals surface area contributed by atoms with E-state index in [-0.39, 0.29) is 32.0 Å². The lowest BCUT2D eigenvalue weighted by Crippen LogP contribution is -2.42. The number of esters is 1. The van der Waals surface area contributed by atoms with Crippen molar-refractivity contribution in [3.8, 4) is 5.75 Å². The molecule has 15 heteroatoms. The first-order valence-corrected chi connectivity index (χ1v) is 13.6. The number of nitrogens with zero attached hydrogens (tertiary/aromatic N) is 1. The van der Waals surface area contributed by atoms with E-state index >= 15 is 0 Å². The zero-order chi connectivity index (χ0) is 30.4. The monoisotopic (exact) mass is 603 g/mol.